The number of hydrogen-bond donors (Lipinski definition) is 2. The van der Waals surface area contributed by atoms with Gasteiger partial charge in [0.1, 0.15) is 5.82 Å². The first-order valence-electron chi connectivity index (χ1n) is 6.15. The van der Waals surface area contributed by atoms with Gasteiger partial charge in [-0.3, -0.25) is 4.79 Å². The zero-order valence-electron chi connectivity index (χ0n) is 10.9. The number of carbonyl (C=O) groups is 1. The quantitative estimate of drug-likeness (QED) is 0.844. The zero-order chi connectivity index (χ0) is 14.4. The topological polar surface area (TPSA) is 41.1 Å². The molecule has 1 rings (SSSR count). The summed E-state index contributed by atoms with van der Waals surface area (Å²) in [5.41, 5.74) is -0.0669. The molecule has 6 heteroatoms. The molecular weight excluding hydrogens is 274 g/mol. The van der Waals surface area contributed by atoms with Gasteiger partial charge in [0.2, 0.25) is 5.91 Å². The van der Waals surface area contributed by atoms with E-state index in [-0.39, 0.29) is 29.2 Å². The Bertz CT molecular complexity index is 427. The lowest BCUT2D eigenvalue weighted by Gasteiger charge is -2.15. The summed E-state index contributed by atoms with van der Waals surface area (Å²) < 4.78 is 26.3. The number of rotatable bonds is 6. The smallest absolute Gasteiger partial charge is 0.239 e. The fourth-order valence-electron chi connectivity index (χ4n) is 1.65. The minimum Gasteiger partial charge on any atom is -0.373 e. The molecule has 19 heavy (non-hydrogen) atoms. The summed E-state index contributed by atoms with van der Waals surface area (Å²) in [6.45, 7) is 3.83. The molecule has 0 aliphatic carbocycles. The van der Waals surface area contributed by atoms with Crippen molar-refractivity contribution in [1.82, 2.24) is 5.32 Å². The van der Waals surface area contributed by atoms with Crippen molar-refractivity contribution in [2.45, 2.75) is 32.7 Å². The highest BCUT2D eigenvalue weighted by molar-refractivity contribution is 6.33. The molecule has 0 saturated carbocycles. The number of hydrogen-bond acceptors (Lipinski definition) is 2. The van der Waals surface area contributed by atoms with Crippen molar-refractivity contribution in [3.63, 3.8) is 0 Å². The van der Waals surface area contributed by atoms with Crippen LogP contribution >= 0.6 is 11.6 Å². The Balaban J connectivity index is 2.60. The lowest BCUT2D eigenvalue weighted by molar-refractivity contribution is -0.120. The van der Waals surface area contributed by atoms with Crippen molar-refractivity contribution in [3.8, 4) is 0 Å². The van der Waals surface area contributed by atoms with Crippen molar-refractivity contribution in [2.75, 3.05) is 11.9 Å². The number of halogens is 3. The summed E-state index contributed by atoms with van der Waals surface area (Å²) >= 11 is 5.70. The van der Waals surface area contributed by atoms with Crippen LogP contribution in [0, 0.1) is 11.6 Å². The molecule has 0 heterocycles. The van der Waals surface area contributed by atoms with E-state index in [0.717, 1.165) is 18.9 Å². The van der Waals surface area contributed by atoms with E-state index in [0.29, 0.717) is 6.07 Å². The molecule has 0 saturated heterocycles. The van der Waals surface area contributed by atoms with Crippen LogP contribution in [0.15, 0.2) is 12.1 Å². The van der Waals surface area contributed by atoms with E-state index in [2.05, 4.69) is 10.6 Å². The van der Waals surface area contributed by atoms with E-state index in [1.54, 1.807) is 0 Å². The van der Waals surface area contributed by atoms with Crippen LogP contribution in [0.1, 0.15) is 26.7 Å². The first-order valence-corrected chi connectivity index (χ1v) is 6.53. The molecule has 0 aliphatic heterocycles. The molecule has 0 aliphatic rings. The van der Waals surface area contributed by atoms with Gasteiger partial charge < -0.3 is 10.6 Å². The van der Waals surface area contributed by atoms with Crippen molar-refractivity contribution < 1.29 is 13.6 Å². The molecule has 1 amide bonds. The van der Waals surface area contributed by atoms with Crippen LogP contribution in [0.25, 0.3) is 0 Å². The zero-order valence-corrected chi connectivity index (χ0v) is 11.7. The average Bonchev–Trinajstić information content (AvgIpc) is 2.34. The number of anilines is 1. The van der Waals surface area contributed by atoms with Crippen LogP contribution < -0.4 is 10.6 Å². The Kier molecular flexibility index (Phi) is 6.02. The Morgan fingerprint density at radius 3 is 2.47 bits per heavy atom. The first-order chi connectivity index (χ1) is 8.97. The maximum absolute atomic E-state index is 13.4. The molecule has 0 aromatic heterocycles. The highest BCUT2D eigenvalue weighted by atomic mass is 35.5. The summed E-state index contributed by atoms with van der Waals surface area (Å²) in [5.74, 6) is -1.83. The average molecular weight is 291 g/mol. The first kappa shape index (κ1) is 15.7. The SMILES string of the molecule is CCC(CC)NC(=O)CNc1c(F)cc(F)cc1Cl. The van der Waals surface area contributed by atoms with Gasteiger partial charge in [-0.1, -0.05) is 25.4 Å². The van der Waals surface area contributed by atoms with Crippen LogP contribution in [0.2, 0.25) is 5.02 Å². The van der Waals surface area contributed by atoms with Gasteiger partial charge in [-0.05, 0) is 18.9 Å². The third kappa shape index (κ3) is 4.67. The Labute approximate surface area is 116 Å². The minimum absolute atomic E-state index is 0.0669. The summed E-state index contributed by atoms with van der Waals surface area (Å²) in [6.07, 6.45) is 1.65. The highest BCUT2D eigenvalue weighted by Crippen LogP contribution is 2.25. The summed E-state index contributed by atoms with van der Waals surface area (Å²) in [5, 5.41) is 5.28. The summed E-state index contributed by atoms with van der Waals surface area (Å²) in [4.78, 5) is 11.6. The van der Waals surface area contributed by atoms with Gasteiger partial charge in [0.25, 0.3) is 0 Å². The number of nitrogens with one attached hydrogen (secondary N) is 2. The number of carbonyl (C=O) groups excluding carboxylic acids is 1. The van der Waals surface area contributed by atoms with Crippen LogP contribution in [0.3, 0.4) is 0 Å². The fraction of sp³-hybridized carbons (Fsp3) is 0.462. The van der Waals surface area contributed by atoms with E-state index in [1.165, 1.54) is 0 Å². The Morgan fingerprint density at radius 1 is 1.32 bits per heavy atom. The maximum atomic E-state index is 13.4. The molecule has 0 radical (unpaired) electrons. The van der Waals surface area contributed by atoms with Gasteiger partial charge >= 0.3 is 0 Å². The molecule has 0 fully saturated rings. The van der Waals surface area contributed by atoms with Gasteiger partial charge in [-0.25, -0.2) is 8.78 Å². The highest BCUT2D eigenvalue weighted by Gasteiger charge is 2.12. The largest absolute Gasteiger partial charge is 0.373 e. The van der Waals surface area contributed by atoms with Gasteiger partial charge in [-0.15, -0.1) is 0 Å². The third-order valence-corrected chi connectivity index (χ3v) is 3.08. The van der Waals surface area contributed by atoms with Crippen molar-refractivity contribution >= 4 is 23.2 Å². The van der Waals surface area contributed by atoms with E-state index in [1.807, 2.05) is 13.8 Å². The van der Waals surface area contributed by atoms with Gasteiger partial charge in [0, 0.05) is 12.1 Å². The molecule has 0 unspecified atom stereocenters. The Morgan fingerprint density at radius 2 is 1.95 bits per heavy atom. The van der Waals surface area contributed by atoms with E-state index in [9.17, 15) is 13.6 Å². The van der Waals surface area contributed by atoms with Gasteiger partial charge in [0.05, 0.1) is 17.3 Å². The lowest BCUT2D eigenvalue weighted by Crippen LogP contribution is -2.37. The lowest BCUT2D eigenvalue weighted by atomic mass is 10.2. The molecule has 2 N–H and O–H groups in total. The van der Waals surface area contributed by atoms with Crippen LogP contribution in [0.4, 0.5) is 14.5 Å². The molecule has 0 atom stereocenters. The number of benzene rings is 1. The van der Waals surface area contributed by atoms with Gasteiger partial charge in [0.15, 0.2) is 5.82 Å². The van der Waals surface area contributed by atoms with Gasteiger partial charge in [-0.2, -0.15) is 0 Å². The second-order valence-corrected chi connectivity index (χ2v) is 4.59. The molecule has 1 aromatic carbocycles. The molecule has 0 spiro atoms. The summed E-state index contributed by atoms with van der Waals surface area (Å²) in [7, 11) is 0. The second-order valence-electron chi connectivity index (χ2n) is 4.18. The Hall–Kier alpha value is -1.36. The molecule has 1 aromatic rings. The van der Waals surface area contributed by atoms with Crippen LogP contribution in [0.5, 0.6) is 0 Å². The van der Waals surface area contributed by atoms with Crippen molar-refractivity contribution in [1.29, 1.82) is 0 Å². The molecule has 106 valence electrons. The molecule has 0 bridgehead atoms. The normalized spacial score (nSPS) is 10.6. The maximum Gasteiger partial charge on any atom is 0.239 e. The van der Waals surface area contributed by atoms with E-state index in [4.69, 9.17) is 11.6 Å². The monoisotopic (exact) mass is 290 g/mol. The fourth-order valence-corrected chi connectivity index (χ4v) is 1.91. The standard InChI is InChI=1S/C13H17ClF2N2O/c1-3-9(4-2)18-12(19)7-17-13-10(14)5-8(15)6-11(13)16/h5-6,9,17H,3-4,7H2,1-2H3,(H,18,19). The minimum atomic E-state index is -0.819. The molecular formula is C13H17ClF2N2O. The van der Waals surface area contributed by atoms with Crippen LogP contribution in [-0.4, -0.2) is 18.5 Å². The van der Waals surface area contributed by atoms with Crippen molar-refractivity contribution in [3.05, 3.63) is 28.8 Å². The predicted octanol–water partition coefficient (Wildman–Crippen LogP) is 3.33. The van der Waals surface area contributed by atoms with E-state index >= 15 is 0 Å². The van der Waals surface area contributed by atoms with Crippen LogP contribution in [-0.2, 0) is 4.79 Å². The van der Waals surface area contributed by atoms with E-state index < -0.39 is 11.6 Å². The predicted molar refractivity (Wildman–Crippen MR) is 72.4 cm³/mol. The van der Waals surface area contributed by atoms with Crippen molar-refractivity contribution in [2.24, 2.45) is 0 Å². The summed E-state index contributed by atoms with van der Waals surface area (Å²) in [6, 6.07) is 1.81. The third-order valence-electron chi connectivity index (χ3n) is 2.78. The second kappa shape index (κ2) is 7.28. The molecule has 3 nitrogen and oxygen atoms in total. The number of amides is 1.